The molecule has 22 heavy (non-hydrogen) atoms. The summed E-state index contributed by atoms with van der Waals surface area (Å²) in [6.45, 7) is 0. The monoisotopic (exact) mass is 306 g/mol. The van der Waals surface area contributed by atoms with Crippen molar-refractivity contribution in [2.24, 2.45) is 0 Å². The number of halogens is 3. The molecule has 0 saturated carbocycles. The lowest BCUT2D eigenvalue weighted by Crippen LogP contribution is -2.19. The summed E-state index contributed by atoms with van der Waals surface area (Å²) in [5, 5.41) is 9.85. The SMILES string of the molecule is O=c1cc(O)c2ccc(C(F)(F)F)nc2n1-c1ccccc1. The molecule has 2 heterocycles. The topological polar surface area (TPSA) is 55.1 Å². The Balaban J connectivity index is 2.42. The third-order valence-corrected chi connectivity index (χ3v) is 3.15. The number of para-hydroxylation sites is 1. The van der Waals surface area contributed by atoms with E-state index in [1.54, 1.807) is 30.3 Å². The van der Waals surface area contributed by atoms with Gasteiger partial charge in [-0.3, -0.25) is 9.36 Å². The Morgan fingerprint density at radius 3 is 2.36 bits per heavy atom. The maximum Gasteiger partial charge on any atom is 0.433 e. The lowest BCUT2D eigenvalue weighted by atomic mass is 10.2. The van der Waals surface area contributed by atoms with Gasteiger partial charge in [-0.05, 0) is 24.3 Å². The second-order valence-corrected chi connectivity index (χ2v) is 4.60. The molecule has 3 rings (SSSR count). The average Bonchev–Trinajstić information content (AvgIpc) is 2.47. The van der Waals surface area contributed by atoms with E-state index >= 15 is 0 Å². The highest BCUT2D eigenvalue weighted by Gasteiger charge is 2.33. The van der Waals surface area contributed by atoms with Gasteiger partial charge in [0.1, 0.15) is 11.4 Å². The fourth-order valence-corrected chi connectivity index (χ4v) is 2.17. The summed E-state index contributed by atoms with van der Waals surface area (Å²) in [5.74, 6) is -0.409. The van der Waals surface area contributed by atoms with Gasteiger partial charge < -0.3 is 5.11 Å². The number of rotatable bonds is 1. The van der Waals surface area contributed by atoms with E-state index in [0.29, 0.717) is 5.69 Å². The third-order valence-electron chi connectivity index (χ3n) is 3.15. The van der Waals surface area contributed by atoms with Crippen molar-refractivity contribution in [1.82, 2.24) is 9.55 Å². The molecule has 0 bridgehead atoms. The van der Waals surface area contributed by atoms with Gasteiger partial charge in [-0.2, -0.15) is 13.2 Å². The van der Waals surface area contributed by atoms with Crippen LogP contribution in [-0.2, 0) is 6.18 Å². The van der Waals surface area contributed by atoms with Crippen molar-refractivity contribution in [2.45, 2.75) is 6.18 Å². The first-order valence-electron chi connectivity index (χ1n) is 6.26. The summed E-state index contributed by atoms with van der Waals surface area (Å²) in [6.07, 6.45) is -4.64. The Morgan fingerprint density at radius 2 is 1.73 bits per heavy atom. The number of aromatic hydroxyl groups is 1. The summed E-state index contributed by atoms with van der Waals surface area (Å²) < 4.78 is 39.5. The van der Waals surface area contributed by atoms with E-state index in [-0.39, 0.29) is 11.0 Å². The predicted octanol–water partition coefficient (Wildman–Crippen LogP) is 3.11. The number of hydrogen-bond acceptors (Lipinski definition) is 3. The first-order valence-corrected chi connectivity index (χ1v) is 6.26. The summed E-state index contributed by atoms with van der Waals surface area (Å²) >= 11 is 0. The number of pyridine rings is 2. The fraction of sp³-hybridized carbons (Fsp3) is 0.0667. The van der Waals surface area contributed by atoms with Gasteiger partial charge in [-0.1, -0.05) is 18.2 Å². The highest BCUT2D eigenvalue weighted by molar-refractivity contribution is 5.83. The zero-order valence-corrected chi connectivity index (χ0v) is 11.0. The van der Waals surface area contributed by atoms with E-state index in [2.05, 4.69) is 4.98 Å². The lowest BCUT2D eigenvalue weighted by Gasteiger charge is -2.12. The van der Waals surface area contributed by atoms with Crippen molar-refractivity contribution < 1.29 is 18.3 Å². The highest BCUT2D eigenvalue weighted by Crippen LogP contribution is 2.31. The van der Waals surface area contributed by atoms with Crippen LogP contribution in [0.15, 0.2) is 53.3 Å². The van der Waals surface area contributed by atoms with Crippen molar-refractivity contribution in [3.05, 3.63) is 64.6 Å². The number of aromatic nitrogens is 2. The molecule has 0 aliphatic carbocycles. The molecule has 1 aromatic carbocycles. The predicted molar refractivity (Wildman–Crippen MR) is 74.0 cm³/mol. The molecule has 4 nitrogen and oxygen atoms in total. The Labute approximate surface area is 122 Å². The molecule has 0 radical (unpaired) electrons. The number of hydrogen-bond donors (Lipinski definition) is 1. The Hall–Kier alpha value is -2.83. The second kappa shape index (κ2) is 4.87. The van der Waals surface area contributed by atoms with Crippen LogP contribution in [0.3, 0.4) is 0 Å². The van der Waals surface area contributed by atoms with Crippen LogP contribution >= 0.6 is 0 Å². The van der Waals surface area contributed by atoms with Crippen LogP contribution in [0.1, 0.15) is 5.69 Å². The van der Waals surface area contributed by atoms with E-state index in [9.17, 15) is 23.1 Å². The first-order chi connectivity index (χ1) is 10.4. The van der Waals surface area contributed by atoms with Gasteiger partial charge in [0.05, 0.1) is 11.1 Å². The zero-order valence-electron chi connectivity index (χ0n) is 11.0. The minimum atomic E-state index is -4.64. The van der Waals surface area contributed by atoms with Crippen LogP contribution < -0.4 is 5.56 Å². The number of nitrogens with zero attached hydrogens (tertiary/aromatic N) is 2. The Kier molecular flexibility index (Phi) is 3.13. The van der Waals surface area contributed by atoms with Crippen LogP contribution in [0.5, 0.6) is 5.75 Å². The molecule has 0 unspecified atom stereocenters. The maximum absolute atomic E-state index is 12.8. The van der Waals surface area contributed by atoms with Crippen LogP contribution in [0.4, 0.5) is 13.2 Å². The third kappa shape index (κ3) is 2.30. The van der Waals surface area contributed by atoms with Crippen LogP contribution in [0, 0.1) is 0 Å². The molecular formula is C15H9F3N2O2. The standard InChI is InChI=1S/C15H9F3N2O2/c16-15(17,18)12-7-6-10-11(21)8-13(22)20(14(10)19-12)9-4-2-1-3-5-9/h1-8,21H. The molecule has 0 fully saturated rings. The summed E-state index contributed by atoms with van der Waals surface area (Å²) in [6, 6.07) is 11.0. The molecule has 0 saturated heterocycles. The molecule has 0 atom stereocenters. The van der Waals surface area contributed by atoms with Gasteiger partial charge in [0.15, 0.2) is 5.65 Å². The Morgan fingerprint density at radius 1 is 1.05 bits per heavy atom. The van der Waals surface area contributed by atoms with Crippen molar-refractivity contribution in [2.75, 3.05) is 0 Å². The smallest absolute Gasteiger partial charge is 0.433 e. The van der Waals surface area contributed by atoms with Gasteiger partial charge in [-0.15, -0.1) is 0 Å². The maximum atomic E-state index is 12.8. The van der Waals surface area contributed by atoms with E-state index in [0.717, 1.165) is 22.8 Å². The van der Waals surface area contributed by atoms with Crippen LogP contribution in [0.25, 0.3) is 16.7 Å². The van der Waals surface area contributed by atoms with Crippen molar-refractivity contribution in [3.8, 4) is 11.4 Å². The quantitative estimate of drug-likeness (QED) is 0.751. The van der Waals surface area contributed by atoms with E-state index in [1.165, 1.54) is 0 Å². The molecule has 3 aromatic rings. The molecular weight excluding hydrogens is 297 g/mol. The van der Waals surface area contributed by atoms with E-state index < -0.39 is 23.2 Å². The first kappa shape index (κ1) is 14.1. The minimum absolute atomic E-state index is 0.0662. The number of benzene rings is 1. The zero-order chi connectivity index (χ0) is 15.9. The van der Waals surface area contributed by atoms with Gasteiger partial charge in [0.2, 0.25) is 0 Å². The molecule has 112 valence electrons. The molecule has 0 aliphatic rings. The molecule has 2 aromatic heterocycles. The van der Waals surface area contributed by atoms with Crippen LogP contribution in [-0.4, -0.2) is 14.7 Å². The van der Waals surface area contributed by atoms with Gasteiger partial charge >= 0.3 is 6.18 Å². The average molecular weight is 306 g/mol. The molecule has 1 N–H and O–H groups in total. The van der Waals surface area contributed by atoms with Crippen molar-refractivity contribution >= 4 is 11.0 Å². The lowest BCUT2D eigenvalue weighted by molar-refractivity contribution is -0.141. The summed E-state index contributed by atoms with van der Waals surface area (Å²) in [7, 11) is 0. The number of alkyl halides is 3. The van der Waals surface area contributed by atoms with E-state index in [4.69, 9.17) is 0 Å². The largest absolute Gasteiger partial charge is 0.507 e. The van der Waals surface area contributed by atoms with E-state index in [1.807, 2.05) is 0 Å². The second-order valence-electron chi connectivity index (χ2n) is 4.60. The van der Waals surface area contributed by atoms with Crippen LogP contribution in [0.2, 0.25) is 0 Å². The summed E-state index contributed by atoms with van der Waals surface area (Å²) in [4.78, 5) is 15.6. The molecule has 0 amide bonds. The molecule has 0 aliphatic heterocycles. The fourth-order valence-electron chi connectivity index (χ4n) is 2.17. The van der Waals surface area contributed by atoms with Gasteiger partial charge in [0.25, 0.3) is 5.56 Å². The number of fused-ring (bicyclic) bond motifs is 1. The Bertz CT molecular complexity index is 902. The minimum Gasteiger partial charge on any atom is -0.507 e. The van der Waals surface area contributed by atoms with Gasteiger partial charge in [-0.25, -0.2) is 4.98 Å². The molecule has 0 spiro atoms. The van der Waals surface area contributed by atoms with Crippen molar-refractivity contribution in [1.29, 1.82) is 0 Å². The summed E-state index contributed by atoms with van der Waals surface area (Å²) in [5.41, 5.74) is -1.67. The van der Waals surface area contributed by atoms with Gasteiger partial charge in [0, 0.05) is 6.07 Å². The molecule has 7 heteroatoms. The highest BCUT2D eigenvalue weighted by atomic mass is 19.4. The van der Waals surface area contributed by atoms with Crippen molar-refractivity contribution in [3.63, 3.8) is 0 Å². The normalized spacial score (nSPS) is 11.8.